The van der Waals surface area contributed by atoms with Crippen LogP contribution in [0.5, 0.6) is 0 Å². The minimum Gasteiger partial charge on any atom is -0.367 e. The molecule has 0 aromatic carbocycles. The van der Waals surface area contributed by atoms with E-state index in [0.29, 0.717) is 6.61 Å². The summed E-state index contributed by atoms with van der Waals surface area (Å²) in [5.74, 6) is 0. The van der Waals surface area contributed by atoms with Crippen LogP contribution in [0, 0.1) is 0 Å². The molecule has 0 heterocycles. The van der Waals surface area contributed by atoms with Crippen molar-refractivity contribution < 1.29 is 9.84 Å². The molecular weight excluding hydrogens is 130 g/mol. The SMILES string of the molecule is CCCCCOC(O)CN. The van der Waals surface area contributed by atoms with E-state index in [1.807, 2.05) is 0 Å². The lowest BCUT2D eigenvalue weighted by molar-refractivity contribution is -0.0921. The van der Waals surface area contributed by atoms with Crippen molar-refractivity contribution in [3.63, 3.8) is 0 Å². The molecular formula is C7H17NO2. The smallest absolute Gasteiger partial charge is 0.166 e. The van der Waals surface area contributed by atoms with Gasteiger partial charge >= 0.3 is 0 Å². The highest BCUT2D eigenvalue weighted by molar-refractivity contribution is 4.41. The molecule has 0 aliphatic rings. The van der Waals surface area contributed by atoms with Gasteiger partial charge in [-0.3, -0.25) is 0 Å². The molecule has 3 N–H and O–H groups in total. The Morgan fingerprint density at radius 1 is 1.50 bits per heavy atom. The molecule has 10 heavy (non-hydrogen) atoms. The maximum Gasteiger partial charge on any atom is 0.166 e. The van der Waals surface area contributed by atoms with E-state index >= 15 is 0 Å². The van der Waals surface area contributed by atoms with Crippen molar-refractivity contribution in [2.75, 3.05) is 13.2 Å². The Bertz CT molecular complexity index is 68.6. The number of rotatable bonds is 6. The van der Waals surface area contributed by atoms with Gasteiger partial charge in [0, 0.05) is 13.2 Å². The van der Waals surface area contributed by atoms with E-state index in [1.54, 1.807) is 0 Å². The second kappa shape index (κ2) is 6.99. The van der Waals surface area contributed by atoms with Crippen molar-refractivity contribution >= 4 is 0 Å². The summed E-state index contributed by atoms with van der Waals surface area (Å²) < 4.78 is 4.92. The summed E-state index contributed by atoms with van der Waals surface area (Å²) in [6, 6.07) is 0. The lowest BCUT2D eigenvalue weighted by atomic mass is 10.3. The Labute approximate surface area is 62.2 Å². The molecule has 0 saturated carbocycles. The van der Waals surface area contributed by atoms with Gasteiger partial charge in [-0.15, -0.1) is 0 Å². The second-order valence-corrected chi connectivity index (χ2v) is 2.27. The average Bonchev–Trinajstić information content (AvgIpc) is 1.98. The fourth-order valence-electron chi connectivity index (χ4n) is 0.639. The zero-order chi connectivity index (χ0) is 7.82. The molecule has 1 unspecified atom stereocenters. The predicted octanol–water partition coefficient (Wildman–Crippen LogP) is 0.470. The third kappa shape index (κ3) is 6.01. The minimum absolute atomic E-state index is 0.187. The zero-order valence-electron chi connectivity index (χ0n) is 6.55. The molecule has 0 aromatic rings. The van der Waals surface area contributed by atoms with E-state index in [0.717, 1.165) is 12.8 Å². The first-order valence-corrected chi connectivity index (χ1v) is 3.81. The number of nitrogens with two attached hydrogens (primary N) is 1. The highest BCUT2D eigenvalue weighted by atomic mass is 16.6. The Hall–Kier alpha value is -0.120. The Morgan fingerprint density at radius 3 is 2.70 bits per heavy atom. The average molecular weight is 147 g/mol. The fraction of sp³-hybridized carbons (Fsp3) is 1.00. The molecule has 0 fully saturated rings. The highest BCUT2D eigenvalue weighted by Gasteiger charge is 1.97. The van der Waals surface area contributed by atoms with Crippen molar-refractivity contribution in [1.82, 2.24) is 0 Å². The van der Waals surface area contributed by atoms with Crippen LogP contribution in [0.25, 0.3) is 0 Å². The summed E-state index contributed by atoms with van der Waals surface area (Å²) in [6.45, 7) is 2.93. The number of aliphatic hydroxyl groups excluding tert-OH is 1. The molecule has 3 heteroatoms. The zero-order valence-corrected chi connectivity index (χ0v) is 6.55. The van der Waals surface area contributed by atoms with Crippen molar-refractivity contribution in [3.8, 4) is 0 Å². The molecule has 0 amide bonds. The van der Waals surface area contributed by atoms with Gasteiger partial charge in [-0.2, -0.15) is 0 Å². The molecule has 0 aliphatic carbocycles. The topological polar surface area (TPSA) is 55.5 Å². The fourth-order valence-corrected chi connectivity index (χ4v) is 0.639. The van der Waals surface area contributed by atoms with Crippen LogP contribution in [-0.4, -0.2) is 24.5 Å². The third-order valence-corrected chi connectivity index (χ3v) is 1.26. The molecule has 3 nitrogen and oxygen atoms in total. The van der Waals surface area contributed by atoms with Crippen molar-refractivity contribution in [2.45, 2.75) is 32.5 Å². The van der Waals surface area contributed by atoms with Gasteiger partial charge in [0.05, 0.1) is 0 Å². The largest absolute Gasteiger partial charge is 0.367 e. The van der Waals surface area contributed by atoms with Crippen LogP contribution in [0.3, 0.4) is 0 Å². The van der Waals surface area contributed by atoms with Crippen LogP contribution in [0.2, 0.25) is 0 Å². The Kier molecular flexibility index (Phi) is 6.91. The van der Waals surface area contributed by atoms with Crippen molar-refractivity contribution in [3.05, 3.63) is 0 Å². The molecule has 0 aliphatic heterocycles. The van der Waals surface area contributed by atoms with Crippen molar-refractivity contribution in [2.24, 2.45) is 5.73 Å². The number of unbranched alkanes of at least 4 members (excludes halogenated alkanes) is 2. The summed E-state index contributed by atoms with van der Waals surface area (Å²) in [4.78, 5) is 0. The maximum absolute atomic E-state index is 8.81. The molecule has 62 valence electrons. The van der Waals surface area contributed by atoms with Gasteiger partial charge in [0.15, 0.2) is 6.29 Å². The molecule has 0 aromatic heterocycles. The quantitative estimate of drug-likeness (QED) is 0.424. The Morgan fingerprint density at radius 2 is 2.20 bits per heavy atom. The van der Waals surface area contributed by atoms with E-state index in [-0.39, 0.29) is 6.54 Å². The minimum atomic E-state index is -0.767. The van der Waals surface area contributed by atoms with Gasteiger partial charge in [-0.05, 0) is 6.42 Å². The van der Waals surface area contributed by atoms with Crippen LogP contribution in [0.4, 0.5) is 0 Å². The normalized spacial score (nSPS) is 13.5. The van der Waals surface area contributed by atoms with Gasteiger partial charge < -0.3 is 15.6 Å². The first-order chi connectivity index (χ1) is 4.81. The number of hydrogen-bond acceptors (Lipinski definition) is 3. The first-order valence-electron chi connectivity index (χ1n) is 3.81. The van der Waals surface area contributed by atoms with Gasteiger partial charge in [-0.25, -0.2) is 0 Å². The molecule has 0 radical (unpaired) electrons. The van der Waals surface area contributed by atoms with Gasteiger partial charge in [0.1, 0.15) is 0 Å². The second-order valence-electron chi connectivity index (χ2n) is 2.27. The summed E-state index contributed by atoms with van der Waals surface area (Å²) in [5.41, 5.74) is 5.11. The van der Waals surface area contributed by atoms with Crippen LogP contribution in [-0.2, 0) is 4.74 Å². The standard InChI is InChI=1S/C7H17NO2/c1-2-3-4-5-10-7(9)6-8/h7,9H,2-6,8H2,1H3. The van der Waals surface area contributed by atoms with Gasteiger partial charge in [-0.1, -0.05) is 19.8 Å². The number of hydrogen-bond donors (Lipinski definition) is 2. The van der Waals surface area contributed by atoms with E-state index in [2.05, 4.69) is 6.92 Å². The van der Waals surface area contributed by atoms with Crippen LogP contribution in [0.1, 0.15) is 26.2 Å². The molecule has 0 spiro atoms. The van der Waals surface area contributed by atoms with Crippen LogP contribution in [0.15, 0.2) is 0 Å². The molecule has 1 atom stereocenters. The summed E-state index contributed by atoms with van der Waals surface area (Å²) in [5, 5.41) is 8.81. The number of ether oxygens (including phenoxy) is 1. The van der Waals surface area contributed by atoms with Gasteiger partial charge in [0.25, 0.3) is 0 Å². The summed E-state index contributed by atoms with van der Waals surface area (Å²) in [7, 11) is 0. The predicted molar refractivity (Wildman–Crippen MR) is 40.5 cm³/mol. The van der Waals surface area contributed by atoms with Crippen molar-refractivity contribution in [1.29, 1.82) is 0 Å². The molecule has 0 saturated heterocycles. The highest BCUT2D eigenvalue weighted by Crippen LogP contribution is 1.95. The third-order valence-electron chi connectivity index (χ3n) is 1.26. The Balaban J connectivity index is 2.89. The molecule has 0 bridgehead atoms. The van der Waals surface area contributed by atoms with E-state index in [4.69, 9.17) is 15.6 Å². The maximum atomic E-state index is 8.81. The van der Waals surface area contributed by atoms with E-state index in [9.17, 15) is 0 Å². The first kappa shape index (κ1) is 9.88. The van der Waals surface area contributed by atoms with Crippen LogP contribution >= 0.6 is 0 Å². The van der Waals surface area contributed by atoms with E-state index in [1.165, 1.54) is 6.42 Å². The monoisotopic (exact) mass is 147 g/mol. The van der Waals surface area contributed by atoms with Crippen LogP contribution < -0.4 is 5.73 Å². The molecule has 0 rings (SSSR count). The summed E-state index contributed by atoms with van der Waals surface area (Å²) >= 11 is 0. The number of aliphatic hydroxyl groups is 1. The lowest BCUT2D eigenvalue weighted by Gasteiger charge is -2.07. The van der Waals surface area contributed by atoms with Gasteiger partial charge in [0.2, 0.25) is 0 Å². The summed E-state index contributed by atoms with van der Waals surface area (Å²) in [6.07, 6.45) is 2.56. The van der Waals surface area contributed by atoms with E-state index < -0.39 is 6.29 Å². The lowest BCUT2D eigenvalue weighted by Crippen LogP contribution is -2.23.